The maximum atomic E-state index is 11.9. The number of carbonyl (C=O) groups is 2. The van der Waals surface area contributed by atoms with Crippen LogP contribution in [0.25, 0.3) is 0 Å². The van der Waals surface area contributed by atoms with Crippen molar-refractivity contribution in [2.45, 2.75) is 20.0 Å². The molecule has 4 heteroatoms. The second-order valence-electron chi connectivity index (χ2n) is 5.25. The topological polar surface area (TPSA) is 46.6 Å². The first-order valence-corrected chi connectivity index (χ1v) is 6.69. The van der Waals surface area contributed by atoms with E-state index >= 15 is 0 Å². The van der Waals surface area contributed by atoms with E-state index in [9.17, 15) is 9.59 Å². The van der Waals surface area contributed by atoms with Crippen LogP contribution in [0.3, 0.4) is 0 Å². The number of likely N-dealkylation sites (tertiary alicyclic amines) is 1. The lowest BCUT2D eigenvalue weighted by atomic mass is 10.00. The number of carbonyl (C=O) groups excluding carboxylic acids is 2. The van der Waals surface area contributed by atoms with E-state index in [2.05, 4.69) is 6.58 Å². The number of amides is 1. The van der Waals surface area contributed by atoms with Crippen molar-refractivity contribution in [2.75, 3.05) is 13.1 Å². The van der Waals surface area contributed by atoms with Crippen molar-refractivity contribution < 1.29 is 14.3 Å². The van der Waals surface area contributed by atoms with Gasteiger partial charge in [0.05, 0.1) is 6.54 Å². The quantitative estimate of drug-likeness (QED) is 0.792. The lowest BCUT2D eigenvalue weighted by Crippen LogP contribution is -2.29. The molecular weight excluding hydrogens is 254 g/mol. The smallest absolute Gasteiger partial charge is 0.410 e. The molecule has 20 heavy (non-hydrogen) atoms. The third-order valence-corrected chi connectivity index (χ3v) is 3.30. The maximum absolute atomic E-state index is 11.9. The summed E-state index contributed by atoms with van der Waals surface area (Å²) < 4.78 is 5.23. The van der Waals surface area contributed by atoms with Gasteiger partial charge >= 0.3 is 6.09 Å². The third kappa shape index (κ3) is 3.70. The van der Waals surface area contributed by atoms with Gasteiger partial charge in [-0.05, 0) is 18.9 Å². The molecule has 0 aliphatic carbocycles. The summed E-state index contributed by atoms with van der Waals surface area (Å²) in [6.07, 6.45) is 0.216. The first-order valence-electron chi connectivity index (χ1n) is 6.69. The summed E-state index contributed by atoms with van der Waals surface area (Å²) in [4.78, 5) is 25.2. The molecule has 1 aromatic carbocycles. The Kier molecular flexibility index (Phi) is 4.56. The van der Waals surface area contributed by atoms with Crippen LogP contribution in [-0.2, 0) is 16.1 Å². The Morgan fingerprint density at radius 3 is 2.75 bits per heavy atom. The van der Waals surface area contributed by atoms with E-state index < -0.39 is 6.09 Å². The zero-order valence-corrected chi connectivity index (χ0v) is 11.7. The molecule has 0 bridgehead atoms. The molecule has 0 N–H and O–H groups in total. The van der Waals surface area contributed by atoms with Crippen molar-refractivity contribution in [3.05, 3.63) is 48.0 Å². The average molecular weight is 273 g/mol. The van der Waals surface area contributed by atoms with E-state index in [0.717, 1.165) is 11.1 Å². The van der Waals surface area contributed by atoms with E-state index in [1.54, 1.807) is 0 Å². The normalized spacial score (nSPS) is 18.1. The van der Waals surface area contributed by atoms with Crippen LogP contribution in [0.15, 0.2) is 42.5 Å². The number of hydrogen-bond acceptors (Lipinski definition) is 3. The van der Waals surface area contributed by atoms with E-state index in [1.807, 2.05) is 37.3 Å². The zero-order valence-electron chi connectivity index (χ0n) is 11.7. The summed E-state index contributed by atoms with van der Waals surface area (Å²) in [5.74, 6) is -0.0403. The van der Waals surface area contributed by atoms with Crippen molar-refractivity contribution in [2.24, 2.45) is 5.92 Å². The Morgan fingerprint density at radius 2 is 2.10 bits per heavy atom. The van der Waals surface area contributed by atoms with Crippen LogP contribution < -0.4 is 0 Å². The van der Waals surface area contributed by atoms with Crippen LogP contribution in [0.1, 0.15) is 18.9 Å². The fraction of sp³-hybridized carbons (Fsp3) is 0.375. The van der Waals surface area contributed by atoms with Crippen LogP contribution in [0, 0.1) is 5.92 Å². The van der Waals surface area contributed by atoms with Crippen molar-refractivity contribution in [3.63, 3.8) is 0 Å². The Balaban J connectivity index is 1.85. The lowest BCUT2D eigenvalue weighted by molar-refractivity contribution is -0.119. The summed E-state index contributed by atoms with van der Waals surface area (Å²) in [6.45, 7) is 6.51. The molecule has 106 valence electrons. The molecule has 4 nitrogen and oxygen atoms in total. The van der Waals surface area contributed by atoms with Crippen LogP contribution in [0.4, 0.5) is 4.79 Å². The molecule has 0 radical (unpaired) electrons. The van der Waals surface area contributed by atoms with Crippen LogP contribution in [0.2, 0.25) is 0 Å². The van der Waals surface area contributed by atoms with Crippen molar-refractivity contribution in [3.8, 4) is 0 Å². The highest BCUT2D eigenvalue weighted by atomic mass is 16.6. The van der Waals surface area contributed by atoms with Gasteiger partial charge in [-0.25, -0.2) is 4.79 Å². The second kappa shape index (κ2) is 6.37. The Hall–Kier alpha value is -2.10. The minimum Gasteiger partial charge on any atom is -0.445 e. The largest absolute Gasteiger partial charge is 0.445 e. The molecule has 0 aromatic heterocycles. The Labute approximate surface area is 119 Å². The molecule has 0 unspecified atom stereocenters. The minimum atomic E-state index is -0.425. The van der Waals surface area contributed by atoms with E-state index in [4.69, 9.17) is 4.74 Å². The van der Waals surface area contributed by atoms with E-state index in [0.29, 0.717) is 13.0 Å². The van der Waals surface area contributed by atoms with Crippen molar-refractivity contribution in [1.82, 2.24) is 4.90 Å². The second-order valence-corrected chi connectivity index (χ2v) is 5.25. The van der Waals surface area contributed by atoms with Gasteiger partial charge in [0.25, 0.3) is 0 Å². The number of hydrogen-bond donors (Lipinski definition) is 0. The monoisotopic (exact) mass is 273 g/mol. The Morgan fingerprint density at radius 1 is 1.40 bits per heavy atom. The summed E-state index contributed by atoms with van der Waals surface area (Å²) in [5, 5.41) is 0. The van der Waals surface area contributed by atoms with Crippen molar-refractivity contribution in [1.29, 1.82) is 0 Å². The molecule has 1 aliphatic heterocycles. The van der Waals surface area contributed by atoms with Gasteiger partial charge in [-0.2, -0.15) is 0 Å². The number of allylic oxidation sites excluding steroid dienone is 1. The molecule has 1 aromatic rings. The van der Waals surface area contributed by atoms with Crippen LogP contribution in [-0.4, -0.2) is 29.9 Å². The molecule has 1 atom stereocenters. The van der Waals surface area contributed by atoms with Gasteiger partial charge in [0, 0.05) is 12.5 Å². The molecule has 1 saturated heterocycles. The number of nitrogens with zero attached hydrogens (tertiary/aromatic N) is 1. The molecular formula is C16H19NO3. The third-order valence-electron chi connectivity index (χ3n) is 3.30. The lowest BCUT2D eigenvalue weighted by Gasteiger charge is -2.15. The standard InChI is InChI=1S/C16H19NO3/c1-12(2)8-14-9-17(10-15(14)18)16(19)20-11-13-6-4-3-5-7-13/h3-7,14H,1,8-11H2,2H3/t14-/m0/s1. The fourth-order valence-electron chi connectivity index (χ4n) is 2.30. The van der Waals surface area contributed by atoms with Crippen molar-refractivity contribution >= 4 is 11.9 Å². The summed E-state index contributed by atoms with van der Waals surface area (Å²) in [7, 11) is 0. The number of Topliss-reactive ketones (excluding diaryl/α,β-unsaturated/α-hetero) is 1. The SMILES string of the molecule is C=C(C)C[C@H]1CN(C(=O)OCc2ccccc2)CC1=O. The Bertz CT molecular complexity index is 510. The number of ether oxygens (including phenoxy) is 1. The first kappa shape index (κ1) is 14.3. The van der Waals surface area contributed by atoms with Gasteiger partial charge < -0.3 is 9.64 Å². The fourth-order valence-corrected chi connectivity index (χ4v) is 2.30. The molecule has 0 spiro atoms. The van der Waals surface area contributed by atoms with E-state index in [1.165, 1.54) is 4.90 Å². The molecule has 1 fully saturated rings. The summed E-state index contributed by atoms with van der Waals surface area (Å²) in [5.41, 5.74) is 1.90. The summed E-state index contributed by atoms with van der Waals surface area (Å²) in [6, 6.07) is 9.49. The van der Waals surface area contributed by atoms with Crippen LogP contribution >= 0.6 is 0 Å². The van der Waals surface area contributed by atoms with Gasteiger partial charge in [0.15, 0.2) is 5.78 Å². The van der Waals surface area contributed by atoms with Gasteiger partial charge in [-0.3, -0.25) is 4.79 Å². The first-order chi connectivity index (χ1) is 9.56. The zero-order chi connectivity index (χ0) is 14.5. The highest BCUT2D eigenvalue weighted by molar-refractivity contribution is 5.89. The number of benzene rings is 1. The highest BCUT2D eigenvalue weighted by Gasteiger charge is 2.34. The highest BCUT2D eigenvalue weighted by Crippen LogP contribution is 2.20. The van der Waals surface area contributed by atoms with E-state index in [-0.39, 0.29) is 24.9 Å². The average Bonchev–Trinajstić information content (AvgIpc) is 2.78. The number of rotatable bonds is 4. The predicted octanol–water partition coefficient (Wildman–Crippen LogP) is 2.79. The predicted molar refractivity (Wildman–Crippen MR) is 76.1 cm³/mol. The maximum Gasteiger partial charge on any atom is 0.410 e. The molecule has 1 amide bonds. The molecule has 0 saturated carbocycles. The van der Waals surface area contributed by atoms with Gasteiger partial charge in [-0.1, -0.05) is 35.9 Å². The van der Waals surface area contributed by atoms with Gasteiger partial charge in [0.2, 0.25) is 0 Å². The van der Waals surface area contributed by atoms with Crippen LogP contribution in [0.5, 0.6) is 0 Å². The summed E-state index contributed by atoms with van der Waals surface area (Å²) >= 11 is 0. The number of ketones is 1. The van der Waals surface area contributed by atoms with Gasteiger partial charge in [0.1, 0.15) is 6.61 Å². The minimum absolute atomic E-state index is 0.0876. The molecule has 1 heterocycles. The molecule has 1 aliphatic rings. The van der Waals surface area contributed by atoms with Gasteiger partial charge in [-0.15, -0.1) is 6.58 Å². The molecule has 2 rings (SSSR count).